The van der Waals surface area contributed by atoms with Gasteiger partial charge in [0.25, 0.3) is 0 Å². The lowest BCUT2D eigenvalue weighted by molar-refractivity contribution is 0.192. The summed E-state index contributed by atoms with van der Waals surface area (Å²) < 4.78 is 32.2. The first-order valence-corrected chi connectivity index (χ1v) is 8.22. The topological polar surface area (TPSA) is 81.4 Å². The molecule has 114 valence electrons. The largest absolute Gasteiger partial charge is 0.397 e. The minimum absolute atomic E-state index is 0.203. The first-order valence-electron chi connectivity index (χ1n) is 6.74. The zero-order chi connectivity index (χ0) is 15.2. The van der Waals surface area contributed by atoms with Crippen LogP contribution in [0.3, 0.4) is 0 Å². The Morgan fingerprint density at radius 3 is 2.45 bits per heavy atom. The molecule has 1 aromatic carbocycles. The number of nitrogens with one attached hydrogen (secondary N) is 1. The number of nitrogen functional groups attached to an aromatic ring is 1. The number of nitrogens with two attached hydrogens (primary N) is 1. The molecule has 20 heavy (non-hydrogen) atoms. The summed E-state index contributed by atoms with van der Waals surface area (Å²) >= 11 is 0. The number of anilines is 1. The third-order valence-corrected chi connectivity index (χ3v) is 4.86. The van der Waals surface area contributed by atoms with Crippen LogP contribution in [0, 0.1) is 13.8 Å². The van der Waals surface area contributed by atoms with Gasteiger partial charge in [0.1, 0.15) is 4.90 Å². The summed E-state index contributed by atoms with van der Waals surface area (Å²) in [5, 5.41) is 0. The summed E-state index contributed by atoms with van der Waals surface area (Å²) in [4.78, 5) is 0.203. The first kappa shape index (κ1) is 16.9. The smallest absolute Gasteiger partial charge is 0.242 e. The van der Waals surface area contributed by atoms with Crippen molar-refractivity contribution >= 4 is 15.7 Å². The standard InChI is InChI=1S/C14H24N2O3S/c1-11-7-8-12(2)14(13(11)15)20(17,18)16-9-5-4-6-10-19-3/h7-8,16H,4-6,9-10,15H2,1-3H3. The average molecular weight is 300 g/mol. The fourth-order valence-corrected chi connectivity index (χ4v) is 3.49. The van der Waals surface area contributed by atoms with Crippen molar-refractivity contribution in [3.05, 3.63) is 23.3 Å². The van der Waals surface area contributed by atoms with Crippen LogP contribution in [0.25, 0.3) is 0 Å². The van der Waals surface area contributed by atoms with Crippen molar-refractivity contribution < 1.29 is 13.2 Å². The van der Waals surface area contributed by atoms with Crippen molar-refractivity contribution in [2.24, 2.45) is 0 Å². The van der Waals surface area contributed by atoms with E-state index in [1.807, 2.05) is 6.07 Å². The Bertz CT molecular complexity index is 542. The number of ether oxygens (including phenoxy) is 1. The highest BCUT2D eigenvalue weighted by molar-refractivity contribution is 7.89. The summed E-state index contributed by atoms with van der Waals surface area (Å²) in [5.41, 5.74) is 7.68. The van der Waals surface area contributed by atoms with Gasteiger partial charge in [0.15, 0.2) is 0 Å². The van der Waals surface area contributed by atoms with Crippen molar-refractivity contribution in [3.8, 4) is 0 Å². The van der Waals surface area contributed by atoms with Crippen LogP contribution in [0.1, 0.15) is 30.4 Å². The molecule has 0 unspecified atom stereocenters. The Hall–Kier alpha value is -1.11. The number of aryl methyl sites for hydroxylation is 2. The summed E-state index contributed by atoms with van der Waals surface area (Å²) in [5.74, 6) is 0. The van der Waals surface area contributed by atoms with Crippen molar-refractivity contribution in [1.82, 2.24) is 4.72 Å². The summed E-state index contributed by atoms with van der Waals surface area (Å²) in [6.45, 7) is 4.68. The van der Waals surface area contributed by atoms with E-state index in [1.165, 1.54) is 0 Å². The fourth-order valence-electron chi connectivity index (χ4n) is 1.99. The molecule has 6 heteroatoms. The molecule has 5 nitrogen and oxygen atoms in total. The molecule has 0 saturated carbocycles. The van der Waals surface area contributed by atoms with Gasteiger partial charge in [0, 0.05) is 20.3 Å². The van der Waals surface area contributed by atoms with Gasteiger partial charge in [0.05, 0.1) is 5.69 Å². The van der Waals surface area contributed by atoms with Gasteiger partial charge in [-0.3, -0.25) is 0 Å². The van der Waals surface area contributed by atoms with E-state index < -0.39 is 10.0 Å². The minimum atomic E-state index is -3.54. The molecule has 0 atom stereocenters. The number of sulfonamides is 1. The van der Waals surface area contributed by atoms with E-state index in [9.17, 15) is 8.42 Å². The van der Waals surface area contributed by atoms with Crippen LogP contribution >= 0.6 is 0 Å². The highest BCUT2D eigenvalue weighted by Crippen LogP contribution is 2.25. The number of rotatable bonds is 8. The van der Waals surface area contributed by atoms with Crippen LogP contribution in [0.5, 0.6) is 0 Å². The van der Waals surface area contributed by atoms with Crippen molar-refractivity contribution in [2.75, 3.05) is 26.0 Å². The molecule has 0 aliphatic rings. The van der Waals surface area contributed by atoms with Gasteiger partial charge in [-0.15, -0.1) is 0 Å². The van der Waals surface area contributed by atoms with Crippen LogP contribution in [0.2, 0.25) is 0 Å². The molecule has 0 aromatic heterocycles. The highest BCUT2D eigenvalue weighted by Gasteiger charge is 2.20. The molecule has 0 saturated heterocycles. The van der Waals surface area contributed by atoms with E-state index in [-0.39, 0.29) is 4.90 Å². The predicted molar refractivity (Wildman–Crippen MR) is 81.2 cm³/mol. The SMILES string of the molecule is COCCCCCNS(=O)(=O)c1c(C)ccc(C)c1N. The van der Waals surface area contributed by atoms with E-state index >= 15 is 0 Å². The Labute approximate surface area is 121 Å². The molecule has 0 aliphatic carbocycles. The molecule has 0 fully saturated rings. The number of methoxy groups -OCH3 is 1. The van der Waals surface area contributed by atoms with Gasteiger partial charge in [-0.1, -0.05) is 12.1 Å². The molecule has 1 aromatic rings. The van der Waals surface area contributed by atoms with Crippen molar-refractivity contribution in [1.29, 1.82) is 0 Å². The molecule has 0 heterocycles. The predicted octanol–water partition coefficient (Wildman–Crippen LogP) is 1.98. The summed E-state index contributed by atoms with van der Waals surface area (Å²) in [6, 6.07) is 3.60. The maximum Gasteiger partial charge on any atom is 0.242 e. The molecule has 3 N–H and O–H groups in total. The lowest BCUT2D eigenvalue weighted by Crippen LogP contribution is -2.26. The second kappa shape index (κ2) is 7.61. The van der Waals surface area contributed by atoms with E-state index in [0.717, 1.165) is 24.8 Å². The average Bonchev–Trinajstić information content (AvgIpc) is 2.38. The van der Waals surface area contributed by atoms with Gasteiger partial charge >= 0.3 is 0 Å². The molecular formula is C14H24N2O3S. The molecule has 0 amide bonds. The molecular weight excluding hydrogens is 276 g/mol. The first-order chi connectivity index (χ1) is 9.40. The van der Waals surface area contributed by atoms with Gasteiger partial charge < -0.3 is 10.5 Å². The van der Waals surface area contributed by atoms with Crippen LogP contribution in [0.4, 0.5) is 5.69 Å². The lowest BCUT2D eigenvalue weighted by atomic mass is 10.1. The highest BCUT2D eigenvalue weighted by atomic mass is 32.2. The van der Waals surface area contributed by atoms with E-state index in [2.05, 4.69) is 4.72 Å². The molecule has 0 bridgehead atoms. The van der Waals surface area contributed by atoms with Gasteiger partial charge in [-0.05, 0) is 44.2 Å². The Kier molecular flexibility index (Phi) is 6.45. The van der Waals surface area contributed by atoms with Crippen LogP contribution in [-0.4, -0.2) is 28.7 Å². The quantitative estimate of drug-likeness (QED) is 0.568. The van der Waals surface area contributed by atoms with Crippen molar-refractivity contribution in [2.45, 2.75) is 38.0 Å². The Morgan fingerprint density at radius 2 is 1.80 bits per heavy atom. The summed E-state index contributed by atoms with van der Waals surface area (Å²) in [7, 11) is -1.88. The van der Waals surface area contributed by atoms with Crippen molar-refractivity contribution in [3.63, 3.8) is 0 Å². The number of unbranched alkanes of at least 4 members (excludes halogenated alkanes) is 2. The third kappa shape index (κ3) is 4.47. The number of hydrogen-bond acceptors (Lipinski definition) is 4. The molecule has 0 spiro atoms. The minimum Gasteiger partial charge on any atom is -0.397 e. The second-order valence-corrected chi connectivity index (χ2v) is 6.60. The molecule has 0 radical (unpaired) electrons. The zero-order valence-corrected chi connectivity index (χ0v) is 13.2. The fraction of sp³-hybridized carbons (Fsp3) is 0.571. The van der Waals surface area contributed by atoms with E-state index in [0.29, 0.717) is 24.4 Å². The second-order valence-electron chi connectivity index (χ2n) is 4.89. The maximum atomic E-state index is 12.3. The van der Waals surface area contributed by atoms with Gasteiger partial charge in [-0.2, -0.15) is 0 Å². The number of benzene rings is 1. The lowest BCUT2D eigenvalue weighted by Gasteiger charge is -2.13. The van der Waals surface area contributed by atoms with Crippen LogP contribution in [-0.2, 0) is 14.8 Å². The monoisotopic (exact) mass is 300 g/mol. The van der Waals surface area contributed by atoms with Crippen LogP contribution < -0.4 is 10.5 Å². The van der Waals surface area contributed by atoms with Gasteiger partial charge in [0.2, 0.25) is 10.0 Å². The Balaban J connectivity index is 2.68. The normalized spacial score (nSPS) is 11.8. The van der Waals surface area contributed by atoms with E-state index in [1.54, 1.807) is 27.0 Å². The Morgan fingerprint density at radius 1 is 1.15 bits per heavy atom. The number of hydrogen-bond donors (Lipinski definition) is 2. The summed E-state index contributed by atoms with van der Waals surface area (Å²) in [6.07, 6.45) is 2.65. The molecule has 1 rings (SSSR count). The third-order valence-electron chi connectivity index (χ3n) is 3.20. The van der Waals surface area contributed by atoms with Gasteiger partial charge in [-0.25, -0.2) is 13.1 Å². The maximum absolute atomic E-state index is 12.3. The molecule has 0 aliphatic heterocycles. The zero-order valence-electron chi connectivity index (χ0n) is 12.4. The van der Waals surface area contributed by atoms with E-state index in [4.69, 9.17) is 10.5 Å². The van der Waals surface area contributed by atoms with Crippen LogP contribution in [0.15, 0.2) is 17.0 Å².